The first-order chi connectivity index (χ1) is 15.4. The highest BCUT2D eigenvalue weighted by Gasteiger charge is 2.26. The number of nitrogens with zero attached hydrogens (tertiary/aromatic N) is 1. The van der Waals surface area contributed by atoms with Gasteiger partial charge in [-0.05, 0) is 89.4 Å². The van der Waals surface area contributed by atoms with E-state index in [0.717, 1.165) is 37.6 Å². The molecule has 8 heteroatoms. The van der Waals surface area contributed by atoms with Crippen LogP contribution in [0.15, 0.2) is 30.3 Å². The Morgan fingerprint density at radius 3 is 2.27 bits per heavy atom. The first kappa shape index (κ1) is 26.1. The van der Waals surface area contributed by atoms with Crippen molar-refractivity contribution in [1.82, 2.24) is 4.90 Å². The molecule has 1 aliphatic rings. The zero-order chi connectivity index (χ0) is 24.3. The number of esters is 1. The van der Waals surface area contributed by atoms with Crippen molar-refractivity contribution in [2.75, 3.05) is 19.7 Å². The van der Waals surface area contributed by atoms with Gasteiger partial charge in [-0.2, -0.15) is 0 Å². The molecule has 2 aromatic rings. The quantitative estimate of drug-likeness (QED) is 0.371. The van der Waals surface area contributed by atoms with Crippen LogP contribution in [0.3, 0.4) is 0 Å². The van der Waals surface area contributed by atoms with E-state index in [-0.39, 0.29) is 22.4 Å². The fourth-order valence-electron chi connectivity index (χ4n) is 3.87. The number of hydrogen-bond acceptors (Lipinski definition) is 4. The van der Waals surface area contributed by atoms with Gasteiger partial charge >= 0.3 is 5.97 Å². The lowest BCUT2D eigenvalue weighted by Crippen LogP contribution is -2.37. The van der Waals surface area contributed by atoms with Crippen molar-refractivity contribution in [3.05, 3.63) is 62.3 Å². The third-order valence-corrected chi connectivity index (χ3v) is 6.41. The minimum absolute atomic E-state index is 0.182. The fraction of sp³-hybridized carbons (Fsp3) is 0.480. The van der Waals surface area contributed by atoms with Gasteiger partial charge in [0.25, 0.3) is 0 Å². The summed E-state index contributed by atoms with van der Waals surface area (Å²) in [4.78, 5) is 14.6. The van der Waals surface area contributed by atoms with Crippen molar-refractivity contribution in [3.8, 4) is 5.75 Å². The summed E-state index contributed by atoms with van der Waals surface area (Å²) in [6.45, 7) is 9.54. The summed E-state index contributed by atoms with van der Waals surface area (Å²) in [6, 6.07) is 8.25. The van der Waals surface area contributed by atoms with E-state index in [4.69, 9.17) is 44.3 Å². The molecule has 0 N–H and O–H groups in total. The van der Waals surface area contributed by atoms with Gasteiger partial charge in [0.2, 0.25) is 0 Å². The van der Waals surface area contributed by atoms with Gasteiger partial charge in [-0.15, -0.1) is 0 Å². The molecule has 2 aromatic carbocycles. The van der Waals surface area contributed by atoms with Crippen molar-refractivity contribution in [2.24, 2.45) is 5.92 Å². The lowest BCUT2D eigenvalue weighted by atomic mass is 9.95. The molecule has 33 heavy (non-hydrogen) atoms. The summed E-state index contributed by atoms with van der Waals surface area (Å²) < 4.78 is 25.6. The van der Waals surface area contributed by atoms with Crippen molar-refractivity contribution in [1.29, 1.82) is 0 Å². The lowest BCUT2D eigenvalue weighted by Gasteiger charge is -2.36. The molecule has 4 nitrogen and oxygen atoms in total. The fourth-order valence-corrected chi connectivity index (χ4v) is 4.63. The maximum Gasteiger partial charge on any atom is 0.341 e. The minimum atomic E-state index is -0.754. The molecule has 0 bridgehead atoms. The Labute approximate surface area is 209 Å². The van der Waals surface area contributed by atoms with E-state index in [9.17, 15) is 9.18 Å². The van der Waals surface area contributed by atoms with Crippen LogP contribution < -0.4 is 4.74 Å². The summed E-state index contributed by atoms with van der Waals surface area (Å²) in [5.74, 6) is -0.921. The summed E-state index contributed by atoms with van der Waals surface area (Å²) in [6.07, 6.45) is 1.88. The van der Waals surface area contributed by atoms with Gasteiger partial charge in [0.15, 0.2) is 0 Å². The van der Waals surface area contributed by atoms with Gasteiger partial charge in [-0.1, -0.05) is 34.8 Å². The van der Waals surface area contributed by atoms with Crippen LogP contribution in [0.2, 0.25) is 15.1 Å². The van der Waals surface area contributed by atoms with Crippen LogP contribution in [-0.2, 0) is 4.74 Å². The molecule has 0 aromatic heterocycles. The number of rotatable bonds is 6. The second-order valence-electron chi connectivity index (χ2n) is 9.43. The minimum Gasteiger partial charge on any atom is -0.492 e. The molecular weight excluding hydrogens is 488 g/mol. The molecule has 0 aliphatic carbocycles. The van der Waals surface area contributed by atoms with Gasteiger partial charge in [0.1, 0.15) is 17.2 Å². The normalized spacial score (nSPS) is 16.5. The van der Waals surface area contributed by atoms with Crippen molar-refractivity contribution in [2.45, 2.75) is 52.2 Å². The molecule has 3 rings (SSSR count). The summed E-state index contributed by atoms with van der Waals surface area (Å²) in [5, 5.41) is 1.45. The average Bonchev–Trinajstić information content (AvgIpc) is 2.72. The van der Waals surface area contributed by atoms with Gasteiger partial charge < -0.3 is 9.47 Å². The Balaban J connectivity index is 1.55. The predicted molar refractivity (Wildman–Crippen MR) is 131 cm³/mol. The van der Waals surface area contributed by atoms with Crippen LogP contribution >= 0.6 is 34.8 Å². The Bertz CT molecular complexity index is 981. The first-order valence-electron chi connectivity index (χ1n) is 11.0. The van der Waals surface area contributed by atoms with E-state index in [2.05, 4.69) is 11.8 Å². The Hall–Kier alpha value is -1.53. The molecule has 1 atom stereocenters. The summed E-state index contributed by atoms with van der Waals surface area (Å²) in [5.41, 5.74) is 0.163. The number of hydrogen-bond donors (Lipinski definition) is 0. The topological polar surface area (TPSA) is 38.8 Å². The molecule has 0 amide bonds. The molecule has 1 aliphatic heterocycles. The molecule has 0 radical (unpaired) electrons. The molecule has 1 heterocycles. The van der Waals surface area contributed by atoms with Crippen LogP contribution in [-0.4, -0.2) is 36.2 Å². The lowest BCUT2D eigenvalue weighted by molar-refractivity contribution is 0.00646. The van der Waals surface area contributed by atoms with Crippen LogP contribution in [0.1, 0.15) is 62.5 Å². The maximum atomic E-state index is 14.5. The standard InChI is InChI=1S/C25H29Cl3FNO3/c1-15(17-9-18(26)11-19(27)10-17)30-7-5-16(6-8-30)14-32-23-13-22(29)20(12-21(23)28)24(31)33-25(2,3)4/h9-13,15-16H,5-8,14H2,1-4H3. The van der Waals surface area contributed by atoms with Crippen LogP contribution in [0.25, 0.3) is 0 Å². The van der Waals surface area contributed by atoms with E-state index in [1.165, 1.54) is 6.07 Å². The van der Waals surface area contributed by atoms with Crippen LogP contribution in [0.4, 0.5) is 4.39 Å². The number of benzene rings is 2. The Morgan fingerprint density at radius 1 is 1.09 bits per heavy atom. The number of likely N-dealkylation sites (tertiary alicyclic amines) is 1. The van der Waals surface area contributed by atoms with Crippen molar-refractivity contribution < 1.29 is 18.7 Å². The highest BCUT2D eigenvalue weighted by atomic mass is 35.5. The molecule has 1 unspecified atom stereocenters. The molecule has 0 saturated carbocycles. The van der Waals surface area contributed by atoms with Gasteiger partial charge in [-0.25, -0.2) is 9.18 Å². The molecule has 1 fully saturated rings. The van der Waals surface area contributed by atoms with Gasteiger partial charge in [-0.3, -0.25) is 4.90 Å². The van der Waals surface area contributed by atoms with E-state index < -0.39 is 17.4 Å². The summed E-state index contributed by atoms with van der Waals surface area (Å²) >= 11 is 18.6. The molecule has 180 valence electrons. The van der Waals surface area contributed by atoms with E-state index in [1.54, 1.807) is 26.8 Å². The third kappa shape index (κ3) is 7.22. The van der Waals surface area contributed by atoms with E-state index >= 15 is 0 Å². The van der Waals surface area contributed by atoms with E-state index in [0.29, 0.717) is 22.6 Å². The van der Waals surface area contributed by atoms with Crippen LogP contribution in [0.5, 0.6) is 5.75 Å². The smallest absolute Gasteiger partial charge is 0.341 e. The summed E-state index contributed by atoms with van der Waals surface area (Å²) in [7, 11) is 0. The van der Waals surface area contributed by atoms with Crippen LogP contribution in [0, 0.1) is 11.7 Å². The van der Waals surface area contributed by atoms with Crippen molar-refractivity contribution >= 4 is 40.8 Å². The molecule has 0 spiro atoms. The van der Waals surface area contributed by atoms with Crippen molar-refractivity contribution in [3.63, 3.8) is 0 Å². The van der Waals surface area contributed by atoms with E-state index in [1.807, 2.05) is 12.1 Å². The van der Waals surface area contributed by atoms with Gasteiger partial charge in [0, 0.05) is 22.2 Å². The number of halogens is 4. The highest BCUT2D eigenvalue weighted by Crippen LogP contribution is 2.32. The average molecular weight is 517 g/mol. The monoisotopic (exact) mass is 515 g/mol. The maximum absolute atomic E-state index is 14.5. The van der Waals surface area contributed by atoms with Gasteiger partial charge in [0.05, 0.1) is 17.2 Å². The largest absolute Gasteiger partial charge is 0.492 e. The zero-order valence-electron chi connectivity index (χ0n) is 19.3. The Kier molecular flexibility index (Phi) is 8.55. The number of ether oxygens (including phenoxy) is 2. The number of piperidine rings is 1. The highest BCUT2D eigenvalue weighted by molar-refractivity contribution is 6.34. The third-order valence-electron chi connectivity index (χ3n) is 5.68. The number of carbonyl (C=O) groups is 1. The molecule has 1 saturated heterocycles. The zero-order valence-corrected chi connectivity index (χ0v) is 21.5. The SMILES string of the molecule is CC(c1cc(Cl)cc(Cl)c1)N1CCC(COc2cc(F)c(C(=O)OC(C)(C)C)cc2Cl)CC1. The Morgan fingerprint density at radius 2 is 1.70 bits per heavy atom. The predicted octanol–water partition coefficient (Wildman–Crippen LogP) is 7.59. The first-order valence-corrected chi connectivity index (χ1v) is 12.1. The molecular formula is C25H29Cl3FNO3. The second-order valence-corrected chi connectivity index (χ2v) is 10.7. The number of carbonyl (C=O) groups excluding carboxylic acids is 1. The second kappa shape index (κ2) is 10.8.